The summed E-state index contributed by atoms with van der Waals surface area (Å²) in [4.78, 5) is 35.0. The van der Waals surface area contributed by atoms with Crippen molar-refractivity contribution in [2.75, 3.05) is 33.8 Å². The van der Waals surface area contributed by atoms with Gasteiger partial charge in [-0.05, 0) is 105 Å². The summed E-state index contributed by atoms with van der Waals surface area (Å²) in [6.07, 6.45) is 1.53. The molecule has 8 atom stereocenters. The normalized spacial score (nSPS) is 29.7. The van der Waals surface area contributed by atoms with Crippen LogP contribution in [-0.2, 0) is 16.2 Å². The molecular weight excluding hydrogens is 568 g/mol. The van der Waals surface area contributed by atoms with Gasteiger partial charge in [0, 0.05) is 24.1 Å². The summed E-state index contributed by atoms with van der Waals surface area (Å²) in [5.41, 5.74) is 3.69. The Morgan fingerprint density at radius 3 is 2.47 bits per heavy atom. The molecule has 246 valence electrons. The molecule has 1 aliphatic heterocycles. The number of carbonyl (C=O) groups excluding carboxylic acids is 2. The number of carbonyl (C=O) groups is 2. The monoisotopic (exact) mass is 620 g/mol. The number of nitrogens with zero attached hydrogens (tertiary/aromatic N) is 2. The predicted octanol–water partition coefficient (Wildman–Crippen LogP) is 3.70. The van der Waals surface area contributed by atoms with Gasteiger partial charge in [0.1, 0.15) is 12.1 Å². The Morgan fingerprint density at radius 1 is 1.11 bits per heavy atom. The Balaban J connectivity index is 1.30. The molecule has 4 fully saturated rings. The number of hydrogen-bond acceptors (Lipinski definition) is 7. The number of nitrogens with one attached hydrogen (secondary N) is 2. The highest BCUT2D eigenvalue weighted by molar-refractivity contribution is 5.95. The molecular formula is C36H52N4O5. The lowest BCUT2D eigenvalue weighted by Gasteiger charge is -2.62. The molecule has 2 amide bonds. The molecule has 4 aliphatic rings. The zero-order valence-corrected chi connectivity index (χ0v) is 27.7. The molecule has 4 N–H and O–H groups in total. The molecule has 0 spiro atoms. The SMILES string of the molecule is C[C@@H]1[C@@H](NC(=O)[C@@H]2[C@H]([C@H](C)O)[C@H](CO)ON2Cc2cccc(-c3cccc(C(=O)NCCCN(C)C)c3)c2)C[C@@H]2C[C@H]1C2(C)C. The van der Waals surface area contributed by atoms with Gasteiger partial charge in [-0.15, -0.1) is 0 Å². The van der Waals surface area contributed by atoms with Crippen LogP contribution in [0.15, 0.2) is 48.5 Å². The fraction of sp³-hybridized carbons (Fsp3) is 0.611. The van der Waals surface area contributed by atoms with Gasteiger partial charge in [0.2, 0.25) is 5.91 Å². The van der Waals surface area contributed by atoms with Crippen molar-refractivity contribution in [1.82, 2.24) is 20.6 Å². The number of hydroxylamine groups is 2. The van der Waals surface area contributed by atoms with Crippen molar-refractivity contribution in [3.8, 4) is 11.1 Å². The van der Waals surface area contributed by atoms with E-state index in [9.17, 15) is 19.8 Å². The number of benzene rings is 2. The molecule has 1 heterocycles. The first-order valence-corrected chi connectivity index (χ1v) is 16.6. The number of aliphatic hydroxyl groups excluding tert-OH is 2. The molecule has 0 aromatic heterocycles. The Morgan fingerprint density at radius 2 is 1.82 bits per heavy atom. The van der Waals surface area contributed by atoms with Gasteiger partial charge in [0.15, 0.2) is 0 Å². The summed E-state index contributed by atoms with van der Waals surface area (Å²) in [6.45, 7) is 10.1. The zero-order chi connectivity index (χ0) is 32.5. The van der Waals surface area contributed by atoms with Gasteiger partial charge in [-0.2, -0.15) is 5.06 Å². The highest BCUT2D eigenvalue weighted by atomic mass is 16.7. The molecule has 9 heteroatoms. The van der Waals surface area contributed by atoms with E-state index in [0.717, 1.165) is 36.1 Å². The Bertz CT molecular complexity index is 1350. The summed E-state index contributed by atoms with van der Waals surface area (Å²) >= 11 is 0. The Hall–Kier alpha value is -2.82. The van der Waals surface area contributed by atoms with Crippen LogP contribution in [0.4, 0.5) is 0 Å². The lowest BCUT2D eigenvalue weighted by Crippen LogP contribution is -2.62. The third-order valence-corrected chi connectivity index (χ3v) is 10.9. The average molecular weight is 621 g/mol. The maximum Gasteiger partial charge on any atom is 0.251 e. The van der Waals surface area contributed by atoms with E-state index in [4.69, 9.17) is 4.84 Å². The molecule has 0 unspecified atom stereocenters. The summed E-state index contributed by atoms with van der Waals surface area (Å²) < 4.78 is 0. The smallest absolute Gasteiger partial charge is 0.251 e. The van der Waals surface area contributed by atoms with Gasteiger partial charge in [0.25, 0.3) is 5.91 Å². The molecule has 2 aromatic rings. The number of amides is 2. The first kappa shape index (κ1) is 33.5. The maximum atomic E-state index is 14.0. The molecule has 0 radical (unpaired) electrons. The van der Waals surface area contributed by atoms with Crippen molar-refractivity contribution in [3.63, 3.8) is 0 Å². The molecule has 2 bridgehead atoms. The van der Waals surface area contributed by atoms with E-state index < -0.39 is 24.2 Å². The van der Waals surface area contributed by atoms with Crippen LogP contribution in [0.3, 0.4) is 0 Å². The molecule has 1 saturated heterocycles. The molecule has 3 aliphatic carbocycles. The number of aliphatic hydroxyl groups is 2. The summed E-state index contributed by atoms with van der Waals surface area (Å²) in [5, 5.41) is 28.9. The quantitative estimate of drug-likeness (QED) is 0.268. The Kier molecular flexibility index (Phi) is 10.4. The summed E-state index contributed by atoms with van der Waals surface area (Å²) in [7, 11) is 4.03. The van der Waals surface area contributed by atoms with Gasteiger partial charge in [-0.25, -0.2) is 0 Å². The number of hydrogen-bond donors (Lipinski definition) is 4. The minimum atomic E-state index is -0.845. The van der Waals surface area contributed by atoms with E-state index in [1.165, 1.54) is 6.42 Å². The van der Waals surface area contributed by atoms with E-state index in [2.05, 4.69) is 36.3 Å². The van der Waals surface area contributed by atoms with Crippen molar-refractivity contribution in [1.29, 1.82) is 0 Å². The third kappa shape index (κ3) is 7.13. The lowest BCUT2D eigenvalue weighted by molar-refractivity contribution is -0.183. The standard InChI is InChI=1S/C36H52N4O5/c1-22-29-18-28(36(29,3)4)19-30(22)38-35(44)33-32(23(2)42)31(21-41)45-40(33)20-24-10-7-11-25(16-24)26-12-8-13-27(17-26)34(43)37-14-9-15-39(5)6/h7-8,10-13,16-17,22-23,28-33,41-42H,9,14-15,18-21H2,1-6H3,(H,37,43)(H,38,44)/t22-,23-,28-,29+,30-,31-,32+,33-/m0/s1. The van der Waals surface area contributed by atoms with Gasteiger partial charge in [0.05, 0.1) is 19.3 Å². The van der Waals surface area contributed by atoms with Crippen LogP contribution in [0.25, 0.3) is 11.1 Å². The topological polar surface area (TPSA) is 114 Å². The van der Waals surface area contributed by atoms with Crippen LogP contribution in [0.1, 0.15) is 62.9 Å². The lowest BCUT2D eigenvalue weighted by atomic mass is 9.45. The van der Waals surface area contributed by atoms with Crippen molar-refractivity contribution < 1.29 is 24.6 Å². The predicted molar refractivity (Wildman–Crippen MR) is 175 cm³/mol. The second-order valence-electron chi connectivity index (χ2n) is 14.4. The fourth-order valence-corrected chi connectivity index (χ4v) is 8.05. The minimum Gasteiger partial charge on any atom is -0.394 e. The molecule has 45 heavy (non-hydrogen) atoms. The fourth-order valence-electron chi connectivity index (χ4n) is 8.05. The highest BCUT2D eigenvalue weighted by Gasteiger charge is 2.57. The molecule has 2 aromatic carbocycles. The first-order chi connectivity index (χ1) is 21.4. The van der Waals surface area contributed by atoms with Gasteiger partial charge in [-0.1, -0.05) is 51.1 Å². The van der Waals surface area contributed by atoms with Crippen molar-refractivity contribution in [2.45, 2.75) is 77.8 Å². The molecule has 9 nitrogen and oxygen atoms in total. The van der Waals surface area contributed by atoms with E-state index in [-0.39, 0.29) is 24.5 Å². The molecule has 3 saturated carbocycles. The van der Waals surface area contributed by atoms with E-state index in [0.29, 0.717) is 41.8 Å². The summed E-state index contributed by atoms with van der Waals surface area (Å²) in [6, 6.07) is 14.9. The van der Waals surface area contributed by atoms with Gasteiger partial charge >= 0.3 is 0 Å². The van der Waals surface area contributed by atoms with Crippen LogP contribution in [-0.4, -0.2) is 90.1 Å². The van der Waals surface area contributed by atoms with Gasteiger partial charge in [-0.3, -0.25) is 14.4 Å². The second-order valence-corrected chi connectivity index (χ2v) is 14.4. The Labute approximate surface area is 268 Å². The van der Waals surface area contributed by atoms with Gasteiger partial charge < -0.3 is 25.7 Å². The van der Waals surface area contributed by atoms with Crippen LogP contribution >= 0.6 is 0 Å². The van der Waals surface area contributed by atoms with Crippen molar-refractivity contribution in [2.24, 2.45) is 29.1 Å². The first-order valence-electron chi connectivity index (χ1n) is 16.6. The maximum absolute atomic E-state index is 14.0. The minimum absolute atomic E-state index is 0.0831. The highest BCUT2D eigenvalue weighted by Crippen LogP contribution is 2.61. The largest absolute Gasteiger partial charge is 0.394 e. The average Bonchev–Trinajstić information content (AvgIpc) is 3.38. The van der Waals surface area contributed by atoms with E-state index >= 15 is 0 Å². The summed E-state index contributed by atoms with van der Waals surface area (Å²) in [5.74, 6) is 0.734. The third-order valence-electron chi connectivity index (χ3n) is 10.9. The number of rotatable bonds is 12. The van der Waals surface area contributed by atoms with Crippen LogP contribution < -0.4 is 10.6 Å². The number of fused-ring (bicyclic) bond motifs is 2. The van der Waals surface area contributed by atoms with E-state index in [1.807, 2.05) is 62.6 Å². The van der Waals surface area contributed by atoms with Crippen molar-refractivity contribution >= 4 is 11.8 Å². The second kappa shape index (κ2) is 13.9. The van der Waals surface area contributed by atoms with Crippen LogP contribution in [0.2, 0.25) is 0 Å². The van der Waals surface area contributed by atoms with E-state index in [1.54, 1.807) is 12.0 Å². The zero-order valence-electron chi connectivity index (χ0n) is 27.7. The van der Waals surface area contributed by atoms with Crippen molar-refractivity contribution in [3.05, 3.63) is 59.7 Å². The van der Waals surface area contributed by atoms with Crippen LogP contribution in [0.5, 0.6) is 0 Å². The molecule has 6 rings (SSSR count). The van der Waals surface area contributed by atoms with Crippen LogP contribution in [0, 0.1) is 29.1 Å².